The Labute approximate surface area is 275 Å². The Bertz CT molecular complexity index is 1460. The van der Waals surface area contributed by atoms with E-state index in [0.717, 1.165) is 22.6 Å². The Hall–Kier alpha value is -4.94. The highest BCUT2D eigenvalue weighted by Gasteiger charge is 2.14. The second-order valence-electron chi connectivity index (χ2n) is 9.72. The molecule has 4 aromatic carbocycles. The highest BCUT2D eigenvalue weighted by molar-refractivity contribution is 8.76. The quantitative estimate of drug-likeness (QED) is 0.0339. The van der Waals surface area contributed by atoms with Crippen molar-refractivity contribution >= 4 is 44.8 Å². The fourth-order valence-corrected chi connectivity index (χ4v) is 5.86. The Morgan fingerprint density at radius 1 is 0.543 bits per heavy atom. The van der Waals surface area contributed by atoms with Gasteiger partial charge in [-0.15, -0.1) is 0 Å². The maximum Gasteiger partial charge on any atom is 0.269 e. The standard InChI is InChI=1S/C34H34N4O6S2/c39-33(31(37-41)23-25-11-15-29(16-12-25)43-27-7-3-1-4-8-27)35-19-21-45-46-22-20-36-34(40)32(38-42)24-26-13-17-30(18-14-26)44-28-9-5-2-6-10-28/h1-18,41-42H,19-24H2,(H,35,39)(H,36,40). The van der Waals surface area contributed by atoms with Crippen molar-refractivity contribution in [2.24, 2.45) is 10.3 Å². The van der Waals surface area contributed by atoms with Crippen LogP contribution in [0.1, 0.15) is 11.1 Å². The summed E-state index contributed by atoms with van der Waals surface area (Å²) in [5, 5.41) is 30.6. The van der Waals surface area contributed by atoms with Crippen LogP contribution in [0.5, 0.6) is 23.0 Å². The zero-order chi connectivity index (χ0) is 32.4. The minimum absolute atomic E-state index is 0.00917. The lowest BCUT2D eigenvalue weighted by Crippen LogP contribution is -2.34. The molecule has 0 heterocycles. The summed E-state index contributed by atoms with van der Waals surface area (Å²) in [5.41, 5.74) is 1.62. The molecule has 0 aliphatic carbocycles. The zero-order valence-corrected chi connectivity index (χ0v) is 26.5. The molecule has 0 radical (unpaired) electrons. The lowest BCUT2D eigenvalue weighted by atomic mass is 10.1. The first-order valence-corrected chi connectivity index (χ1v) is 16.9. The van der Waals surface area contributed by atoms with E-state index < -0.39 is 11.8 Å². The minimum atomic E-state index is -0.445. The van der Waals surface area contributed by atoms with Gasteiger partial charge in [0.1, 0.15) is 34.4 Å². The normalized spacial score (nSPS) is 11.5. The van der Waals surface area contributed by atoms with E-state index in [9.17, 15) is 20.0 Å². The number of ether oxygens (including phenoxy) is 2. The van der Waals surface area contributed by atoms with Gasteiger partial charge < -0.3 is 30.5 Å². The molecule has 4 N–H and O–H groups in total. The molecule has 2 amide bonds. The molecule has 0 saturated carbocycles. The average molecular weight is 659 g/mol. The first kappa shape index (κ1) is 33.9. The van der Waals surface area contributed by atoms with Gasteiger partial charge >= 0.3 is 0 Å². The second kappa shape index (κ2) is 18.8. The van der Waals surface area contributed by atoms with Crippen molar-refractivity contribution in [3.05, 3.63) is 120 Å². The molecule has 0 atom stereocenters. The number of nitrogens with one attached hydrogen (secondary N) is 2. The summed E-state index contributed by atoms with van der Waals surface area (Å²) in [6.45, 7) is 0.754. The number of oxime groups is 2. The molecule has 0 aliphatic heterocycles. The van der Waals surface area contributed by atoms with Crippen molar-refractivity contribution in [2.75, 3.05) is 24.6 Å². The Balaban J connectivity index is 1.07. The summed E-state index contributed by atoms with van der Waals surface area (Å²) in [6.07, 6.45) is 0.339. The molecule has 10 nitrogen and oxygen atoms in total. The van der Waals surface area contributed by atoms with Gasteiger partial charge in [-0.3, -0.25) is 9.59 Å². The van der Waals surface area contributed by atoms with Crippen LogP contribution < -0.4 is 20.1 Å². The third kappa shape index (κ3) is 11.5. The van der Waals surface area contributed by atoms with Gasteiger partial charge in [0.2, 0.25) is 0 Å². The van der Waals surface area contributed by atoms with E-state index in [2.05, 4.69) is 20.9 Å². The number of amides is 2. The highest BCUT2D eigenvalue weighted by atomic mass is 33.1. The van der Waals surface area contributed by atoms with Crippen LogP contribution in [0.3, 0.4) is 0 Å². The molecular weight excluding hydrogens is 625 g/mol. The number of benzene rings is 4. The molecule has 0 fully saturated rings. The van der Waals surface area contributed by atoms with Crippen molar-refractivity contribution in [1.29, 1.82) is 0 Å². The lowest BCUT2D eigenvalue weighted by molar-refractivity contribution is -0.115. The minimum Gasteiger partial charge on any atom is -0.457 e. The van der Waals surface area contributed by atoms with Crippen molar-refractivity contribution in [3.63, 3.8) is 0 Å². The molecule has 0 aliphatic rings. The van der Waals surface area contributed by atoms with Crippen LogP contribution in [0.15, 0.2) is 120 Å². The summed E-state index contributed by atoms with van der Waals surface area (Å²) in [6, 6.07) is 33.3. The van der Waals surface area contributed by atoms with Crippen LogP contribution in [0.4, 0.5) is 0 Å². The van der Waals surface area contributed by atoms with E-state index in [1.807, 2.05) is 84.9 Å². The molecular formula is C34H34N4O6S2. The smallest absolute Gasteiger partial charge is 0.269 e. The largest absolute Gasteiger partial charge is 0.457 e. The van der Waals surface area contributed by atoms with E-state index in [4.69, 9.17) is 9.47 Å². The molecule has 0 bridgehead atoms. The number of carbonyl (C=O) groups is 2. The number of hydrogen-bond donors (Lipinski definition) is 4. The number of carbonyl (C=O) groups excluding carboxylic acids is 2. The monoisotopic (exact) mass is 658 g/mol. The maximum absolute atomic E-state index is 12.5. The van der Waals surface area contributed by atoms with Crippen LogP contribution >= 0.6 is 21.6 Å². The molecule has 4 aromatic rings. The Kier molecular flexibility index (Phi) is 13.9. The van der Waals surface area contributed by atoms with E-state index >= 15 is 0 Å². The van der Waals surface area contributed by atoms with Gasteiger partial charge in [-0.25, -0.2) is 0 Å². The Morgan fingerprint density at radius 3 is 1.24 bits per heavy atom. The SMILES string of the molecule is O=C(NCCSSCCNC(=O)C(Cc1ccc(Oc2ccccc2)cc1)=NO)C(Cc1ccc(Oc2ccccc2)cc1)=NO. The van der Waals surface area contributed by atoms with E-state index in [0.29, 0.717) is 36.1 Å². The fourth-order valence-electron chi connectivity index (χ4n) is 4.04. The second-order valence-corrected chi connectivity index (χ2v) is 12.4. The van der Waals surface area contributed by atoms with Crippen molar-refractivity contribution < 1.29 is 29.5 Å². The van der Waals surface area contributed by atoms with Gasteiger partial charge in [0.15, 0.2) is 0 Å². The summed E-state index contributed by atoms with van der Waals surface area (Å²) < 4.78 is 11.6. The topological polar surface area (TPSA) is 142 Å². The first-order chi connectivity index (χ1) is 22.5. The van der Waals surface area contributed by atoms with Gasteiger partial charge in [-0.2, -0.15) is 0 Å². The molecule has 0 unspecified atom stereocenters. The summed E-state index contributed by atoms with van der Waals surface area (Å²) >= 11 is 0. The predicted octanol–water partition coefficient (Wildman–Crippen LogP) is 6.33. The third-order valence-electron chi connectivity index (χ3n) is 6.34. The lowest BCUT2D eigenvalue weighted by Gasteiger charge is -2.09. The highest BCUT2D eigenvalue weighted by Crippen LogP contribution is 2.23. The molecule has 4 rings (SSSR count). The van der Waals surface area contributed by atoms with Crippen LogP contribution in [-0.2, 0) is 22.4 Å². The van der Waals surface area contributed by atoms with Crippen molar-refractivity contribution in [2.45, 2.75) is 12.8 Å². The van der Waals surface area contributed by atoms with Crippen LogP contribution in [0.25, 0.3) is 0 Å². The molecule has 12 heteroatoms. The first-order valence-electron chi connectivity index (χ1n) is 14.4. The van der Waals surface area contributed by atoms with Gasteiger partial charge in [0.25, 0.3) is 11.8 Å². The average Bonchev–Trinajstić information content (AvgIpc) is 3.09. The number of nitrogens with zero attached hydrogens (tertiary/aromatic N) is 2. The van der Waals surface area contributed by atoms with Crippen molar-refractivity contribution in [1.82, 2.24) is 10.6 Å². The van der Waals surface area contributed by atoms with E-state index in [1.54, 1.807) is 24.3 Å². The third-order valence-corrected chi connectivity index (χ3v) is 8.75. The van der Waals surface area contributed by atoms with E-state index in [1.165, 1.54) is 21.6 Å². The predicted molar refractivity (Wildman–Crippen MR) is 183 cm³/mol. The van der Waals surface area contributed by atoms with Gasteiger partial charge in [0, 0.05) is 37.4 Å². The molecule has 238 valence electrons. The molecule has 0 saturated heterocycles. The van der Waals surface area contributed by atoms with Crippen LogP contribution in [0, 0.1) is 0 Å². The number of para-hydroxylation sites is 2. The summed E-state index contributed by atoms with van der Waals surface area (Å²) in [5.74, 6) is 3.11. The number of hydrogen-bond acceptors (Lipinski definition) is 10. The number of rotatable bonds is 17. The van der Waals surface area contributed by atoms with Gasteiger partial charge in [-0.05, 0) is 59.7 Å². The molecule has 0 aromatic heterocycles. The summed E-state index contributed by atoms with van der Waals surface area (Å²) in [7, 11) is 3.07. The summed E-state index contributed by atoms with van der Waals surface area (Å²) in [4.78, 5) is 25.0. The van der Waals surface area contributed by atoms with Gasteiger partial charge in [-0.1, -0.05) is 92.6 Å². The van der Waals surface area contributed by atoms with Gasteiger partial charge in [0.05, 0.1) is 0 Å². The zero-order valence-electron chi connectivity index (χ0n) is 24.9. The fraction of sp³-hybridized carbons (Fsp3) is 0.176. The van der Waals surface area contributed by atoms with Crippen LogP contribution in [-0.4, -0.2) is 58.2 Å². The van der Waals surface area contributed by atoms with Crippen LogP contribution in [0.2, 0.25) is 0 Å². The van der Waals surface area contributed by atoms with Crippen molar-refractivity contribution in [3.8, 4) is 23.0 Å². The molecule has 46 heavy (non-hydrogen) atoms. The molecule has 0 spiro atoms. The maximum atomic E-state index is 12.5. The van der Waals surface area contributed by atoms with E-state index in [-0.39, 0.29) is 24.3 Å². The Morgan fingerprint density at radius 2 is 0.891 bits per heavy atom.